The van der Waals surface area contributed by atoms with Gasteiger partial charge in [-0.2, -0.15) is 0 Å². The molecule has 138 valence electrons. The molecule has 3 rings (SSSR count). The van der Waals surface area contributed by atoms with Crippen LogP contribution in [0.5, 0.6) is 0 Å². The maximum absolute atomic E-state index is 4.65. The second-order valence-electron chi connectivity index (χ2n) is 6.36. The summed E-state index contributed by atoms with van der Waals surface area (Å²) in [6, 6.07) is 6.78. The Morgan fingerprint density at radius 3 is 2.92 bits per heavy atom. The quantitative estimate of drug-likeness (QED) is 0.412. The molecule has 0 aromatic carbocycles. The summed E-state index contributed by atoms with van der Waals surface area (Å²) in [4.78, 5) is 11.5. The van der Waals surface area contributed by atoms with Crippen LogP contribution in [0.25, 0.3) is 5.65 Å². The molecule has 1 aliphatic heterocycles. The Labute approximate surface area is 167 Å². The van der Waals surface area contributed by atoms with Crippen molar-refractivity contribution in [3.8, 4) is 0 Å². The van der Waals surface area contributed by atoms with Crippen LogP contribution in [-0.4, -0.2) is 53.0 Å². The van der Waals surface area contributed by atoms with Crippen LogP contribution in [0.15, 0.2) is 29.4 Å². The molecule has 1 unspecified atom stereocenters. The zero-order chi connectivity index (χ0) is 16.9. The average molecular weight is 456 g/mol. The monoisotopic (exact) mass is 456 g/mol. The number of aryl methyl sites for hydroxylation is 1. The standard InChI is InChI=1S/C18H28N6.HI/c1-4-23-10-6-8-16(23)12-21-18(19-3)20-11-15-13-24-14(2)7-5-9-17(24)22-15;/h5,7,9,13,16H,4,6,8,10-12H2,1-3H3,(H2,19,20,21);1H. The molecule has 0 saturated carbocycles. The van der Waals surface area contributed by atoms with E-state index in [1.807, 2.05) is 19.2 Å². The molecule has 6 nitrogen and oxygen atoms in total. The Morgan fingerprint density at radius 2 is 2.20 bits per heavy atom. The molecule has 2 aromatic heterocycles. The van der Waals surface area contributed by atoms with Gasteiger partial charge in [-0.05, 0) is 45.0 Å². The third-order valence-corrected chi connectivity index (χ3v) is 4.82. The zero-order valence-electron chi connectivity index (χ0n) is 15.3. The van der Waals surface area contributed by atoms with Crippen molar-refractivity contribution in [2.45, 2.75) is 39.3 Å². The molecule has 0 radical (unpaired) electrons. The molecule has 1 aliphatic rings. The van der Waals surface area contributed by atoms with Crippen LogP contribution < -0.4 is 10.6 Å². The van der Waals surface area contributed by atoms with Crippen LogP contribution in [0.3, 0.4) is 0 Å². The van der Waals surface area contributed by atoms with Crippen molar-refractivity contribution in [3.05, 3.63) is 35.8 Å². The Morgan fingerprint density at radius 1 is 1.36 bits per heavy atom. The maximum atomic E-state index is 4.65. The predicted octanol–water partition coefficient (Wildman–Crippen LogP) is 2.41. The molecule has 0 aliphatic carbocycles. The number of nitrogens with zero attached hydrogens (tertiary/aromatic N) is 4. The van der Waals surface area contributed by atoms with Crippen molar-refractivity contribution in [2.75, 3.05) is 26.7 Å². The zero-order valence-corrected chi connectivity index (χ0v) is 17.7. The van der Waals surface area contributed by atoms with Crippen molar-refractivity contribution in [2.24, 2.45) is 4.99 Å². The van der Waals surface area contributed by atoms with E-state index in [0.29, 0.717) is 12.6 Å². The van der Waals surface area contributed by atoms with Crippen LogP contribution in [0.1, 0.15) is 31.2 Å². The molecular weight excluding hydrogens is 427 g/mol. The molecule has 0 amide bonds. The molecule has 0 bridgehead atoms. The highest BCUT2D eigenvalue weighted by Crippen LogP contribution is 2.15. The van der Waals surface area contributed by atoms with Gasteiger partial charge >= 0.3 is 0 Å². The van der Waals surface area contributed by atoms with Crippen molar-refractivity contribution < 1.29 is 0 Å². The average Bonchev–Trinajstić information content (AvgIpc) is 3.21. The number of pyridine rings is 1. The number of fused-ring (bicyclic) bond motifs is 1. The lowest BCUT2D eigenvalue weighted by atomic mass is 10.2. The summed E-state index contributed by atoms with van der Waals surface area (Å²) < 4.78 is 2.12. The van der Waals surface area contributed by atoms with Crippen molar-refractivity contribution in [3.63, 3.8) is 0 Å². The van der Waals surface area contributed by atoms with Gasteiger partial charge in [-0.1, -0.05) is 13.0 Å². The molecule has 2 N–H and O–H groups in total. The number of aliphatic imine (C=N–C) groups is 1. The van der Waals surface area contributed by atoms with Crippen LogP contribution in [0.2, 0.25) is 0 Å². The summed E-state index contributed by atoms with van der Waals surface area (Å²) in [5.41, 5.74) is 3.19. The molecule has 1 saturated heterocycles. The van der Waals surface area contributed by atoms with Gasteiger partial charge in [-0.25, -0.2) is 4.98 Å². The number of guanidine groups is 1. The van der Waals surface area contributed by atoms with E-state index in [1.54, 1.807) is 0 Å². The van der Waals surface area contributed by atoms with Crippen LogP contribution in [0, 0.1) is 6.92 Å². The first-order valence-electron chi connectivity index (χ1n) is 8.83. The molecule has 3 heterocycles. The smallest absolute Gasteiger partial charge is 0.191 e. The SMILES string of the molecule is CCN1CCCC1CNC(=NC)NCc1cn2c(C)cccc2n1.I. The maximum Gasteiger partial charge on any atom is 0.191 e. The van der Waals surface area contributed by atoms with Gasteiger partial charge in [0.1, 0.15) is 5.65 Å². The number of halogens is 1. The summed E-state index contributed by atoms with van der Waals surface area (Å²) >= 11 is 0. The van der Waals surface area contributed by atoms with Crippen LogP contribution >= 0.6 is 24.0 Å². The van der Waals surface area contributed by atoms with Crippen molar-refractivity contribution in [1.29, 1.82) is 0 Å². The number of aromatic nitrogens is 2. The molecule has 25 heavy (non-hydrogen) atoms. The fourth-order valence-corrected chi connectivity index (χ4v) is 3.44. The second-order valence-corrected chi connectivity index (χ2v) is 6.36. The van der Waals surface area contributed by atoms with E-state index >= 15 is 0 Å². The number of hydrogen-bond donors (Lipinski definition) is 2. The third-order valence-electron chi connectivity index (χ3n) is 4.82. The Bertz CT molecular complexity index is 711. The van der Waals surface area contributed by atoms with E-state index < -0.39 is 0 Å². The van der Waals surface area contributed by atoms with Gasteiger partial charge in [0.15, 0.2) is 5.96 Å². The Kier molecular flexibility index (Phi) is 7.49. The normalized spacial score (nSPS) is 18.4. The lowest BCUT2D eigenvalue weighted by molar-refractivity contribution is 0.267. The summed E-state index contributed by atoms with van der Waals surface area (Å²) in [6.45, 7) is 8.28. The van der Waals surface area contributed by atoms with Gasteiger partial charge in [0, 0.05) is 31.5 Å². The highest BCUT2D eigenvalue weighted by atomic mass is 127. The first-order valence-corrected chi connectivity index (χ1v) is 8.83. The molecule has 1 atom stereocenters. The second kappa shape index (κ2) is 9.38. The van der Waals surface area contributed by atoms with Gasteiger partial charge < -0.3 is 15.0 Å². The van der Waals surface area contributed by atoms with E-state index in [1.165, 1.54) is 25.1 Å². The Balaban J connectivity index is 0.00000225. The largest absolute Gasteiger partial charge is 0.355 e. The molecular formula is C18H29IN6. The van der Waals surface area contributed by atoms with Gasteiger partial charge in [0.25, 0.3) is 0 Å². The lowest BCUT2D eigenvalue weighted by Gasteiger charge is -2.23. The van der Waals surface area contributed by atoms with Crippen LogP contribution in [0.4, 0.5) is 0 Å². The fraction of sp³-hybridized carbons (Fsp3) is 0.556. The van der Waals surface area contributed by atoms with E-state index in [4.69, 9.17) is 0 Å². The first-order chi connectivity index (χ1) is 11.7. The predicted molar refractivity (Wildman–Crippen MR) is 114 cm³/mol. The minimum Gasteiger partial charge on any atom is -0.355 e. The highest BCUT2D eigenvalue weighted by Gasteiger charge is 2.22. The Hall–Kier alpha value is -1.35. The van der Waals surface area contributed by atoms with Gasteiger partial charge in [0.05, 0.1) is 12.2 Å². The number of likely N-dealkylation sites (tertiary alicyclic amines) is 1. The number of imidazole rings is 1. The van der Waals surface area contributed by atoms with Crippen molar-refractivity contribution in [1.82, 2.24) is 24.9 Å². The number of nitrogens with one attached hydrogen (secondary N) is 2. The lowest BCUT2D eigenvalue weighted by Crippen LogP contribution is -2.44. The summed E-state index contributed by atoms with van der Waals surface area (Å²) in [5, 5.41) is 6.82. The van der Waals surface area contributed by atoms with E-state index in [9.17, 15) is 0 Å². The summed E-state index contributed by atoms with van der Waals surface area (Å²) in [5.74, 6) is 0.840. The highest BCUT2D eigenvalue weighted by molar-refractivity contribution is 14.0. The number of hydrogen-bond acceptors (Lipinski definition) is 3. The van der Waals surface area contributed by atoms with E-state index in [0.717, 1.165) is 30.4 Å². The third kappa shape index (κ3) is 4.84. The number of likely N-dealkylation sites (N-methyl/N-ethyl adjacent to an activating group) is 1. The first kappa shape index (κ1) is 20.0. The molecule has 0 spiro atoms. The van der Waals surface area contributed by atoms with Crippen molar-refractivity contribution >= 4 is 35.6 Å². The summed E-state index contributed by atoms with van der Waals surface area (Å²) in [6.07, 6.45) is 4.65. The summed E-state index contributed by atoms with van der Waals surface area (Å²) in [7, 11) is 1.81. The molecule has 7 heteroatoms. The molecule has 2 aromatic rings. The van der Waals surface area contributed by atoms with Gasteiger partial charge in [0.2, 0.25) is 0 Å². The van der Waals surface area contributed by atoms with E-state index in [-0.39, 0.29) is 24.0 Å². The van der Waals surface area contributed by atoms with E-state index in [2.05, 4.69) is 56.0 Å². The van der Waals surface area contributed by atoms with Gasteiger partial charge in [-0.3, -0.25) is 9.89 Å². The minimum absolute atomic E-state index is 0. The molecule has 1 fully saturated rings. The van der Waals surface area contributed by atoms with Gasteiger partial charge in [-0.15, -0.1) is 24.0 Å². The topological polar surface area (TPSA) is 57.0 Å². The van der Waals surface area contributed by atoms with Crippen LogP contribution in [-0.2, 0) is 6.54 Å². The number of rotatable bonds is 5. The fourth-order valence-electron chi connectivity index (χ4n) is 3.44. The minimum atomic E-state index is 0.